The quantitative estimate of drug-likeness (QED) is 0.890. The molecule has 0 radical (unpaired) electrons. The number of nitrogens with one attached hydrogen (secondary N) is 1. The Balaban J connectivity index is 2.12. The Kier molecular flexibility index (Phi) is 3.63. The predicted molar refractivity (Wildman–Crippen MR) is 79.6 cm³/mol. The number of hydrogen-bond acceptors (Lipinski definition) is 5. The Morgan fingerprint density at radius 1 is 1.27 bits per heavy atom. The van der Waals surface area contributed by atoms with Crippen LogP contribution >= 0.6 is 0 Å². The zero-order chi connectivity index (χ0) is 16.8. The maximum Gasteiger partial charge on any atom is 0.414 e. The van der Waals surface area contributed by atoms with E-state index < -0.39 is 23.1 Å². The third kappa shape index (κ3) is 2.88. The van der Waals surface area contributed by atoms with Crippen LogP contribution in [0.15, 0.2) is 12.4 Å². The Labute approximate surface area is 129 Å². The molecule has 1 aliphatic carbocycles. The highest BCUT2D eigenvalue weighted by Crippen LogP contribution is 2.64. The third-order valence-corrected chi connectivity index (χ3v) is 3.86. The maximum atomic E-state index is 11.6. The van der Waals surface area contributed by atoms with Gasteiger partial charge in [0.2, 0.25) is 5.95 Å². The van der Waals surface area contributed by atoms with Gasteiger partial charge in [-0.15, -0.1) is 0 Å². The van der Waals surface area contributed by atoms with E-state index in [4.69, 9.17) is 4.74 Å². The van der Waals surface area contributed by atoms with E-state index in [2.05, 4.69) is 15.3 Å². The number of carboxylic acids is 1. The molecule has 1 amide bonds. The van der Waals surface area contributed by atoms with Crippen LogP contribution in [0.5, 0.6) is 0 Å². The number of amides is 1. The van der Waals surface area contributed by atoms with E-state index in [0.29, 0.717) is 12.0 Å². The van der Waals surface area contributed by atoms with Crippen molar-refractivity contribution in [1.29, 1.82) is 0 Å². The molecule has 0 spiro atoms. The molecule has 1 saturated carbocycles. The number of carbonyl (C=O) groups excluding carboxylic acids is 1. The average Bonchev–Trinajstić information content (AvgIpc) is 2.92. The Morgan fingerprint density at radius 3 is 2.14 bits per heavy atom. The van der Waals surface area contributed by atoms with Gasteiger partial charge in [-0.1, -0.05) is 13.8 Å². The highest BCUT2D eigenvalue weighted by Gasteiger charge is 2.68. The van der Waals surface area contributed by atoms with Crippen molar-refractivity contribution in [2.24, 2.45) is 5.41 Å². The first-order valence-corrected chi connectivity index (χ1v) is 7.04. The maximum absolute atomic E-state index is 11.6. The normalized spacial score (nSPS) is 22.8. The minimum Gasteiger partial charge on any atom is -0.481 e. The molecule has 120 valence electrons. The number of nitrogens with zero attached hydrogens (tertiary/aromatic N) is 2. The van der Waals surface area contributed by atoms with Gasteiger partial charge in [-0.3, -0.25) is 10.1 Å². The lowest BCUT2D eigenvalue weighted by Crippen LogP contribution is -2.28. The van der Waals surface area contributed by atoms with Crippen molar-refractivity contribution < 1.29 is 19.4 Å². The molecular formula is C15H21N3O4. The van der Waals surface area contributed by atoms with E-state index in [-0.39, 0.29) is 11.4 Å². The van der Waals surface area contributed by atoms with Crippen LogP contribution in [-0.2, 0) is 14.9 Å². The second-order valence-electron chi connectivity index (χ2n) is 7.19. The SMILES string of the molecule is CC(C)(C)OC(=O)Nc1ncc(C2(C(=O)O)CC2(C)C)cn1. The summed E-state index contributed by atoms with van der Waals surface area (Å²) in [5.74, 6) is -0.800. The van der Waals surface area contributed by atoms with Crippen molar-refractivity contribution in [1.82, 2.24) is 9.97 Å². The van der Waals surface area contributed by atoms with Crippen LogP contribution in [0.1, 0.15) is 46.6 Å². The standard InChI is InChI=1S/C15H21N3O4/c1-13(2,3)22-12(21)18-11-16-6-9(7-17-11)15(10(19)20)8-14(15,4)5/h6-7H,8H2,1-5H3,(H,19,20)(H,16,17,18,21). The van der Waals surface area contributed by atoms with E-state index in [1.54, 1.807) is 20.8 Å². The molecule has 1 aliphatic rings. The third-order valence-electron chi connectivity index (χ3n) is 3.86. The Hall–Kier alpha value is -2.18. The first-order valence-electron chi connectivity index (χ1n) is 7.04. The molecule has 0 aromatic carbocycles. The number of aromatic nitrogens is 2. The summed E-state index contributed by atoms with van der Waals surface area (Å²) in [5, 5.41) is 11.9. The first kappa shape index (κ1) is 16.2. The van der Waals surface area contributed by atoms with Gasteiger partial charge in [0.15, 0.2) is 0 Å². The Bertz CT molecular complexity index is 604. The molecule has 1 aromatic rings. The van der Waals surface area contributed by atoms with Gasteiger partial charge in [0.25, 0.3) is 0 Å². The number of carbonyl (C=O) groups is 2. The van der Waals surface area contributed by atoms with Crippen LogP contribution < -0.4 is 5.32 Å². The molecule has 1 heterocycles. The van der Waals surface area contributed by atoms with Crippen molar-refractivity contribution in [3.8, 4) is 0 Å². The van der Waals surface area contributed by atoms with E-state index in [9.17, 15) is 14.7 Å². The molecule has 1 aromatic heterocycles. The highest BCUT2D eigenvalue weighted by atomic mass is 16.6. The van der Waals surface area contributed by atoms with Crippen molar-refractivity contribution in [2.45, 2.75) is 52.1 Å². The zero-order valence-electron chi connectivity index (χ0n) is 13.4. The van der Waals surface area contributed by atoms with Gasteiger partial charge in [-0.05, 0) is 32.6 Å². The lowest BCUT2D eigenvalue weighted by atomic mass is 9.90. The molecule has 1 atom stereocenters. The second-order valence-corrected chi connectivity index (χ2v) is 7.19. The number of anilines is 1. The fourth-order valence-electron chi connectivity index (χ4n) is 2.61. The topological polar surface area (TPSA) is 101 Å². The monoisotopic (exact) mass is 307 g/mol. The van der Waals surface area contributed by atoms with Gasteiger partial charge < -0.3 is 9.84 Å². The summed E-state index contributed by atoms with van der Waals surface area (Å²) < 4.78 is 5.10. The van der Waals surface area contributed by atoms with E-state index in [0.717, 1.165) is 0 Å². The molecule has 0 bridgehead atoms. The summed E-state index contributed by atoms with van der Waals surface area (Å²) in [6.45, 7) is 9.05. The molecular weight excluding hydrogens is 286 g/mol. The predicted octanol–water partition coefficient (Wildman–Crippen LogP) is 2.58. The smallest absolute Gasteiger partial charge is 0.414 e. The van der Waals surface area contributed by atoms with Crippen LogP contribution in [0, 0.1) is 5.41 Å². The van der Waals surface area contributed by atoms with Gasteiger partial charge in [0.1, 0.15) is 11.0 Å². The molecule has 2 N–H and O–H groups in total. The summed E-state index contributed by atoms with van der Waals surface area (Å²) in [6, 6.07) is 0. The van der Waals surface area contributed by atoms with Crippen molar-refractivity contribution in [3.63, 3.8) is 0 Å². The van der Waals surface area contributed by atoms with Crippen LogP contribution in [0.2, 0.25) is 0 Å². The average molecular weight is 307 g/mol. The summed E-state index contributed by atoms with van der Waals surface area (Å²) in [6.07, 6.45) is 2.78. The van der Waals surface area contributed by atoms with E-state index in [1.165, 1.54) is 12.4 Å². The summed E-state index contributed by atoms with van der Waals surface area (Å²) >= 11 is 0. The van der Waals surface area contributed by atoms with Gasteiger partial charge in [0.05, 0.1) is 0 Å². The lowest BCUT2D eigenvalue weighted by molar-refractivity contribution is -0.141. The molecule has 0 saturated heterocycles. The number of carboxylic acid groups (broad SMARTS) is 1. The number of hydrogen-bond donors (Lipinski definition) is 2. The van der Waals surface area contributed by atoms with Gasteiger partial charge >= 0.3 is 12.1 Å². The van der Waals surface area contributed by atoms with Gasteiger partial charge in [0, 0.05) is 18.0 Å². The van der Waals surface area contributed by atoms with Crippen LogP contribution in [0.25, 0.3) is 0 Å². The highest BCUT2D eigenvalue weighted by molar-refractivity contribution is 5.87. The van der Waals surface area contributed by atoms with E-state index >= 15 is 0 Å². The van der Waals surface area contributed by atoms with Gasteiger partial charge in [-0.2, -0.15) is 0 Å². The molecule has 1 unspecified atom stereocenters. The molecule has 7 nitrogen and oxygen atoms in total. The van der Waals surface area contributed by atoms with Crippen molar-refractivity contribution in [2.75, 3.05) is 5.32 Å². The Morgan fingerprint density at radius 2 is 1.77 bits per heavy atom. The van der Waals surface area contributed by atoms with Gasteiger partial charge in [-0.25, -0.2) is 14.8 Å². The minimum absolute atomic E-state index is 0.0806. The number of ether oxygens (including phenoxy) is 1. The fraction of sp³-hybridized carbons (Fsp3) is 0.600. The van der Waals surface area contributed by atoms with Crippen molar-refractivity contribution >= 4 is 18.0 Å². The largest absolute Gasteiger partial charge is 0.481 e. The summed E-state index contributed by atoms with van der Waals surface area (Å²) in [5.41, 5.74) is -1.35. The summed E-state index contributed by atoms with van der Waals surface area (Å²) in [4.78, 5) is 31.2. The second kappa shape index (κ2) is 4.93. The fourth-order valence-corrected chi connectivity index (χ4v) is 2.61. The molecule has 1 fully saturated rings. The van der Waals surface area contributed by atoms with E-state index in [1.807, 2.05) is 13.8 Å². The zero-order valence-corrected chi connectivity index (χ0v) is 13.4. The number of rotatable bonds is 3. The molecule has 0 aliphatic heterocycles. The first-order chi connectivity index (χ1) is 9.98. The lowest BCUT2D eigenvalue weighted by Gasteiger charge is -2.19. The van der Waals surface area contributed by atoms with Crippen LogP contribution in [0.4, 0.5) is 10.7 Å². The summed E-state index contributed by atoms with van der Waals surface area (Å²) in [7, 11) is 0. The van der Waals surface area contributed by atoms with Crippen LogP contribution in [-0.4, -0.2) is 32.7 Å². The molecule has 22 heavy (non-hydrogen) atoms. The number of aliphatic carboxylic acids is 1. The molecule has 2 rings (SSSR count). The minimum atomic E-state index is -0.947. The van der Waals surface area contributed by atoms with Crippen molar-refractivity contribution in [3.05, 3.63) is 18.0 Å². The van der Waals surface area contributed by atoms with Crippen LogP contribution in [0.3, 0.4) is 0 Å². The molecule has 7 heteroatoms.